The highest BCUT2D eigenvalue weighted by molar-refractivity contribution is 5.94. The van der Waals surface area contributed by atoms with Gasteiger partial charge < -0.3 is 19.7 Å². The van der Waals surface area contributed by atoms with E-state index in [2.05, 4.69) is 27.3 Å². The summed E-state index contributed by atoms with van der Waals surface area (Å²) in [6, 6.07) is 10.1. The maximum absolute atomic E-state index is 12.3. The Bertz CT molecular complexity index is 880. The van der Waals surface area contributed by atoms with Crippen molar-refractivity contribution in [1.29, 1.82) is 0 Å². The van der Waals surface area contributed by atoms with Gasteiger partial charge in [0.05, 0.1) is 5.69 Å². The van der Waals surface area contributed by atoms with Crippen LogP contribution in [-0.4, -0.2) is 56.0 Å². The van der Waals surface area contributed by atoms with E-state index in [1.165, 1.54) is 0 Å². The monoisotopic (exact) mass is 380 g/mol. The Hall–Kier alpha value is -2.80. The topological polar surface area (TPSA) is 66.9 Å². The Morgan fingerprint density at radius 1 is 1.18 bits per heavy atom. The summed E-state index contributed by atoms with van der Waals surface area (Å²) in [4.78, 5) is 21.0. The summed E-state index contributed by atoms with van der Waals surface area (Å²) in [7, 11) is 0. The van der Waals surface area contributed by atoms with Gasteiger partial charge in [-0.2, -0.15) is 0 Å². The van der Waals surface area contributed by atoms with Gasteiger partial charge in [0.15, 0.2) is 0 Å². The molecule has 0 aliphatic carbocycles. The lowest BCUT2D eigenvalue weighted by molar-refractivity contribution is 0.119. The predicted molar refractivity (Wildman–Crippen MR) is 107 cm³/mol. The number of nitrogens with one attached hydrogen (secondary N) is 1. The second kappa shape index (κ2) is 6.98. The highest BCUT2D eigenvalue weighted by Crippen LogP contribution is 2.41. The number of ether oxygens (including phenoxy) is 2. The highest BCUT2D eigenvalue weighted by atomic mass is 16.6. The number of hydrogen-bond acceptors (Lipinski definition) is 6. The molecule has 7 heteroatoms. The number of rotatable bonds is 3. The summed E-state index contributed by atoms with van der Waals surface area (Å²) < 4.78 is 11.5. The predicted octanol–water partition coefficient (Wildman–Crippen LogP) is 2.65. The molecule has 0 radical (unpaired) electrons. The van der Waals surface area contributed by atoms with E-state index < -0.39 is 0 Å². The molecule has 1 aromatic carbocycles. The van der Waals surface area contributed by atoms with Gasteiger partial charge in [-0.15, -0.1) is 0 Å². The van der Waals surface area contributed by atoms with Crippen LogP contribution in [0.4, 0.5) is 16.3 Å². The number of piperazine rings is 1. The zero-order chi connectivity index (χ0) is 19.1. The van der Waals surface area contributed by atoms with Crippen molar-refractivity contribution in [3.05, 3.63) is 36.5 Å². The molecule has 1 aromatic heterocycles. The van der Waals surface area contributed by atoms with Gasteiger partial charge in [0.2, 0.25) is 0 Å². The number of aromatic nitrogens is 1. The largest absolute Gasteiger partial charge is 0.489 e. The standard InChI is InChI=1S/C21H24N4O3/c1-2-18-17-13-27-19-11-14(3-5-16(19)25(17)21(26)28-18)15-4-6-20(23-12-15)24-9-7-22-8-10-24/h3-6,11-12,17-18,22H,2,7-10,13H2,1H3/t17-,18-/m0/s1. The van der Waals surface area contributed by atoms with Crippen LogP contribution >= 0.6 is 0 Å². The number of nitrogens with zero attached hydrogens (tertiary/aromatic N) is 3. The first-order valence-corrected chi connectivity index (χ1v) is 9.93. The Balaban J connectivity index is 1.40. The molecule has 2 fully saturated rings. The summed E-state index contributed by atoms with van der Waals surface area (Å²) in [6.45, 7) is 6.42. The number of fused-ring (bicyclic) bond motifs is 3. The number of carbonyl (C=O) groups is 1. The lowest BCUT2D eigenvalue weighted by atomic mass is 10.0. The number of hydrogen-bond donors (Lipinski definition) is 1. The zero-order valence-electron chi connectivity index (χ0n) is 15.9. The minimum Gasteiger partial charge on any atom is -0.489 e. The fourth-order valence-corrected chi connectivity index (χ4v) is 4.20. The molecule has 2 aromatic rings. The van der Waals surface area contributed by atoms with Crippen molar-refractivity contribution in [1.82, 2.24) is 10.3 Å². The molecular weight excluding hydrogens is 356 g/mol. The van der Waals surface area contributed by atoms with Crippen LogP contribution in [0.15, 0.2) is 36.5 Å². The number of anilines is 2. The number of benzene rings is 1. The van der Waals surface area contributed by atoms with Gasteiger partial charge in [-0.3, -0.25) is 4.90 Å². The van der Waals surface area contributed by atoms with Gasteiger partial charge in [-0.05, 0) is 36.2 Å². The Labute approximate surface area is 164 Å². The molecule has 3 aliphatic rings. The second-order valence-electron chi connectivity index (χ2n) is 7.40. The van der Waals surface area contributed by atoms with Gasteiger partial charge in [0, 0.05) is 37.9 Å². The summed E-state index contributed by atoms with van der Waals surface area (Å²) in [6.07, 6.45) is 2.30. The average Bonchev–Trinajstić information content (AvgIpc) is 3.10. The molecule has 0 unspecified atom stereocenters. The van der Waals surface area contributed by atoms with Crippen molar-refractivity contribution >= 4 is 17.6 Å². The molecular formula is C21H24N4O3. The maximum atomic E-state index is 12.3. The van der Waals surface area contributed by atoms with Crippen LogP contribution < -0.4 is 19.9 Å². The van der Waals surface area contributed by atoms with Gasteiger partial charge in [0.1, 0.15) is 30.3 Å². The van der Waals surface area contributed by atoms with Crippen LogP contribution in [-0.2, 0) is 4.74 Å². The minimum atomic E-state index is -0.281. The van der Waals surface area contributed by atoms with Crippen molar-refractivity contribution in [3.8, 4) is 16.9 Å². The van der Waals surface area contributed by atoms with Crippen molar-refractivity contribution in [3.63, 3.8) is 0 Å². The quantitative estimate of drug-likeness (QED) is 0.883. The van der Waals surface area contributed by atoms with Crippen LogP contribution in [0.3, 0.4) is 0 Å². The molecule has 1 N–H and O–H groups in total. The lowest BCUT2D eigenvalue weighted by Gasteiger charge is -2.31. The summed E-state index contributed by atoms with van der Waals surface area (Å²) in [5.41, 5.74) is 2.84. The molecule has 2 atom stereocenters. The Morgan fingerprint density at radius 3 is 2.75 bits per heavy atom. The molecule has 28 heavy (non-hydrogen) atoms. The minimum absolute atomic E-state index is 0.0455. The number of cyclic esters (lactones) is 1. The van der Waals surface area contributed by atoms with Gasteiger partial charge in [-0.1, -0.05) is 13.0 Å². The lowest BCUT2D eigenvalue weighted by Crippen LogP contribution is -2.44. The van der Waals surface area contributed by atoms with E-state index in [1.54, 1.807) is 4.90 Å². The summed E-state index contributed by atoms with van der Waals surface area (Å²) >= 11 is 0. The number of amides is 1. The third-order valence-corrected chi connectivity index (χ3v) is 5.76. The zero-order valence-corrected chi connectivity index (χ0v) is 15.9. The first kappa shape index (κ1) is 17.3. The fourth-order valence-electron chi connectivity index (χ4n) is 4.20. The van der Waals surface area contributed by atoms with Crippen LogP contribution in [0.1, 0.15) is 13.3 Å². The van der Waals surface area contributed by atoms with E-state index in [9.17, 15) is 4.79 Å². The molecule has 7 nitrogen and oxygen atoms in total. The average molecular weight is 380 g/mol. The molecule has 0 bridgehead atoms. The fraction of sp³-hybridized carbons (Fsp3) is 0.429. The molecule has 1 amide bonds. The van der Waals surface area contributed by atoms with Crippen LogP contribution in [0.2, 0.25) is 0 Å². The molecule has 2 saturated heterocycles. The second-order valence-corrected chi connectivity index (χ2v) is 7.40. The number of pyridine rings is 1. The molecule has 146 valence electrons. The van der Waals surface area contributed by atoms with Gasteiger partial charge in [-0.25, -0.2) is 9.78 Å². The number of carbonyl (C=O) groups excluding carboxylic acids is 1. The Morgan fingerprint density at radius 2 is 2.00 bits per heavy atom. The van der Waals surface area contributed by atoms with Gasteiger partial charge >= 0.3 is 6.09 Å². The van der Waals surface area contributed by atoms with E-state index in [-0.39, 0.29) is 18.2 Å². The van der Waals surface area contributed by atoms with E-state index in [0.717, 1.165) is 55.2 Å². The normalized spacial score (nSPS) is 23.7. The van der Waals surface area contributed by atoms with Crippen molar-refractivity contribution in [2.45, 2.75) is 25.5 Å². The van der Waals surface area contributed by atoms with Crippen LogP contribution in [0.25, 0.3) is 11.1 Å². The third-order valence-electron chi connectivity index (χ3n) is 5.76. The highest BCUT2D eigenvalue weighted by Gasteiger charge is 2.45. The summed E-state index contributed by atoms with van der Waals surface area (Å²) in [5.74, 6) is 1.72. The molecule has 3 aliphatic heterocycles. The summed E-state index contributed by atoms with van der Waals surface area (Å²) in [5, 5.41) is 3.36. The van der Waals surface area contributed by atoms with Crippen LogP contribution in [0.5, 0.6) is 5.75 Å². The van der Waals surface area contributed by atoms with E-state index >= 15 is 0 Å². The van der Waals surface area contributed by atoms with Gasteiger partial charge in [0.25, 0.3) is 0 Å². The molecule has 0 spiro atoms. The SMILES string of the molecule is CC[C@@H]1OC(=O)N2c3ccc(-c4ccc(N5CCNCC5)nc4)cc3OC[C@@H]12. The van der Waals surface area contributed by atoms with E-state index in [0.29, 0.717) is 12.4 Å². The maximum Gasteiger partial charge on any atom is 0.415 e. The first-order chi connectivity index (χ1) is 13.7. The molecule has 4 heterocycles. The van der Waals surface area contributed by atoms with E-state index in [1.807, 2.05) is 31.3 Å². The molecule has 0 saturated carbocycles. The third kappa shape index (κ3) is 2.86. The Kier molecular flexibility index (Phi) is 4.31. The molecule has 5 rings (SSSR count). The van der Waals surface area contributed by atoms with E-state index in [4.69, 9.17) is 9.47 Å². The van der Waals surface area contributed by atoms with Crippen LogP contribution in [0, 0.1) is 0 Å². The van der Waals surface area contributed by atoms with Crippen molar-refractivity contribution in [2.24, 2.45) is 0 Å². The van der Waals surface area contributed by atoms with Crippen molar-refractivity contribution in [2.75, 3.05) is 42.6 Å². The van der Waals surface area contributed by atoms with Crippen molar-refractivity contribution < 1.29 is 14.3 Å². The smallest absolute Gasteiger partial charge is 0.415 e. The first-order valence-electron chi connectivity index (χ1n) is 9.93.